The fourth-order valence-electron chi connectivity index (χ4n) is 1.66. The number of unbranched alkanes of at least 4 members (excludes halogenated alkanes) is 1. The van der Waals surface area contributed by atoms with Gasteiger partial charge in [0.2, 0.25) is 0 Å². The molecule has 0 atom stereocenters. The fraction of sp³-hybridized carbons (Fsp3) is 0.533. The highest BCUT2D eigenvalue weighted by Crippen LogP contribution is 2.19. The third kappa shape index (κ3) is 6.25. The van der Waals surface area contributed by atoms with Gasteiger partial charge in [-0.15, -0.1) is 0 Å². The summed E-state index contributed by atoms with van der Waals surface area (Å²) in [6.45, 7) is 5.64. The van der Waals surface area contributed by atoms with Crippen LogP contribution in [-0.4, -0.2) is 25.6 Å². The molecule has 19 heavy (non-hydrogen) atoms. The van der Waals surface area contributed by atoms with E-state index in [2.05, 4.69) is 25.2 Å². The monoisotopic (exact) mass is 264 g/mol. The summed E-state index contributed by atoms with van der Waals surface area (Å²) in [7, 11) is 0. The van der Waals surface area contributed by atoms with Crippen molar-refractivity contribution in [1.82, 2.24) is 5.32 Å². The average molecular weight is 264 g/mol. The van der Waals surface area contributed by atoms with Crippen LogP contribution in [0.4, 0.5) is 0 Å². The summed E-state index contributed by atoms with van der Waals surface area (Å²) >= 11 is 0. The molecule has 0 heterocycles. The Balaban J connectivity index is 2.31. The van der Waals surface area contributed by atoms with Gasteiger partial charge >= 0.3 is 0 Å². The lowest BCUT2D eigenvalue weighted by Crippen LogP contribution is -2.29. The van der Waals surface area contributed by atoms with Gasteiger partial charge in [-0.25, -0.2) is 0 Å². The summed E-state index contributed by atoms with van der Waals surface area (Å²) in [5, 5.41) is 2.81. The Morgan fingerprint density at radius 1 is 1.37 bits per heavy atom. The molecule has 1 aromatic carbocycles. The Labute approximate surface area is 115 Å². The first kappa shape index (κ1) is 15.5. The van der Waals surface area contributed by atoms with Gasteiger partial charge in [0.1, 0.15) is 5.75 Å². The van der Waals surface area contributed by atoms with Crippen molar-refractivity contribution < 1.29 is 9.53 Å². The maximum atomic E-state index is 11.5. The van der Waals surface area contributed by atoms with Crippen LogP contribution in [0.15, 0.2) is 24.3 Å². The highest BCUT2D eigenvalue weighted by Gasteiger charge is 2.04. The van der Waals surface area contributed by atoms with Gasteiger partial charge in [0.05, 0.1) is 0 Å². The molecule has 1 rings (SSSR count). The summed E-state index contributed by atoms with van der Waals surface area (Å²) in [5.41, 5.74) is 6.59. The minimum atomic E-state index is -0.0908. The number of carbonyl (C=O) groups is 1. The molecule has 1 aromatic rings. The largest absolute Gasteiger partial charge is 0.484 e. The quantitative estimate of drug-likeness (QED) is 0.706. The maximum Gasteiger partial charge on any atom is 0.257 e. The van der Waals surface area contributed by atoms with Crippen molar-refractivity contribution in [3.63, 3.8) is 0 Å². The zero-order chi connectivity index (χ0) is 14.1. The molecular formula is C15H24N2O2. The third-order valence-electron chi connectivity index (χ3n) is 2.85. The van der Waals surface area contributed by atoms with Crippen LogP contribution in [0, 0.1) is 0 Å². The van der Waals surface area contributed by atoms with Gasteiger partial charge < -0.3 is 15.8 Å². The van der Waals surface area contributed by atoms with Crippen molar-refractivity contribution in [2.75, 3.05) is 19.7 Å². The van der Waals surface area contributed by atoms with Crippen molar-refractivity contribution in [3.05, 3.63) is 29.8 Å². The van der Waals surface area contributed by atoms with Gasteiger partial charge in [-0.05, 0) is 43.0 Å². The van der Waals surface area contributed by atoms with E-state index in [1.165, 1.54) is 5.56 Å². The zero-order valence-corrected chi connectivity index (χ0v) is 11.8. The SMILES string of the molecule is CC(C)c1cccc(OCC(=O)NCCCCN)c1. The molecule has 0 bridgehead atoms. The lowest BCUT2D eigenvalue weighted by atomic mass is 10.0. The Kier molecular flexibility index (Phi) is 6.97. The first-order chi connectivity index (χ1) is 9.13. The Morgan fingerprint density at radius 3 is 2.84 bits per heavy atom. The molecular weight excluding hydrogens is 240 g/mol. The van der Waals surface area contributed by atoms with Crippen molar-refractivity contribution in [2.24, 2.45) is 5.73 Å². The lowest BCUT2D eigenvalue weighted by Gasteiger charge is -2.10. The minimum absolute atomic E-state index is 0.0597. The second-order valence-corrected chi connectivity index (χ2v) is 4.86. The minimum Gasteiger partial charge on any atom is -0.484 e. The van der Waals surface area contributed by atoms with Crippen molar-refractivity contribution in [2.45, 2.75) is 32.6 Å². The van der Waals surface area contributed by atoms with Crippen molar-refractivity contribution >= 4 is 5.91 Å². The molecule has 0 saturated heterocycles. The number of carbonyl (C=O) groups excluding carboxylic acids is 1. The fourth-order valence-corrected chi connectivity index (χ4v) is 1.66. The zero-order valence-electron chi connectivity index (χ0n) is 11.8. The molecule has 0 spiro atoms. The van der Waals surface area contributed by atoms with E-state index < -0.39 is 0 Å². The highest BCUT2D eigenvalue weighted by atomic mass is 16.5. The standard InChI is InChI=1S/C15H24N2O2/c1-12(2)13-6-5-7-14(10-13)19-11-15(18)17-9-4-3-8-16/h5-7,10,12H,3-4,8-9,11,16H2,1-2H3,(H,17,18). The molecule has 1 amide bonds. The number of benzene rings is 1. The van der Waals surface area contributed by atoms with Crippen LogP contribution in [0.5, 0.6) is 5.75 Å². The molecule has 0 fully saturated rings. The van der Waals surface area contributed by atoms with Crippen LogP contribution in [0.25, 0.3) is 0 Å². The number of amides is 1. The number of rotatable bonds is 8. The van der Waals surface area contributed by atoms with E-state index in [9.17, 15) is 4.79 Å². The summed E-state index contributed by atoms with van der Waals surface area (Å²) in [6, 6.07) is 7.86. The van der Waals surface area contributed by atoms with Gasteiger partial charge in [0, 0.05) is 6.54 Å². The van der Waals surface area contributed by atoms with Crippen LogP contribution < -0.4 is 15.8 Å². The molecule has 0 aliphatic heterocycles. The topological polar surface area (TPSA) is 64.3 Å². The van der Waals surface area contributed by atoms with Crippen molar-refractivity contribution in [1.29, 1.82) is 0 Å². The number of nitrogens with one attached hydrogen (secondary N) is 1. The van der Waals surface area contributed by atoms with Gasteiger partial charge in [-0.3, -0.25) is 4.79 Å². The van der Waals surface area contributed by atoms with Crippen LogP contribution >= 0.6 is 0 Å². The normalized spacial score (nSPS) is 10.5. The first-order valence-corrected chi connectivity index (χ1v) is 6.83. The number of hydrogen-bond donors (Lipinski definition) is 2. The van der Waals surface area contributed by atoms with Crippen LogP contribution in [0.2, 0.25) is 0 Å². The molecule has 0 radical (unpaired) electrons. The predicted molar refractivity (Wildman–Crippen MR) is 77.3 cm³/mol. The van der Waals surface area contributed by atoms with Gasteiger partial charge in [-0.2, -0.15) is 0 Å². The van der Waals surface area contributed by atoms with Gasteiger partial charge in [0.25, 0.3) is 5.91 Å². The number of ether oxygens (including phenoxy) is 1. The molecule has 4 heteroatoms. The van der Waals surface area contributed by atoms with E-state index in [1.807, 2.05) is 18.2 Å². The molecule has 0 aromatic heterocycles. The summed E-state index contributed by atoms with van der Waals surface area (Å²) in [6.07, 6.45) is 1.84. The average Bonchev–Trinajstić information content (AvgIpc) is 2.41. The summed E-state index contributed by atoms with van der Waals surface area (Å²) in [5.74, 6) is 1.10. The van der Waals surface area contributed by atoms with E-state index in [0.717, 1.165) is 18.6 Å². The highest BCUT2D eigenvalue weighted by molar-refractivity contribution is 5.77. The predicted octanol–water partition coefficient (Wildman–Crippen LogP) is 2.04. The lowest BCUT2D eigenvalue weighted by molar-refractivity contribution is -0.123. The van der Waals surface area contributed by atoms with E-state index in [4.69, 9.17) is 10.5 Å². The second kappa shape index (κ2) is 8.53. The van der Waals surface area contributed by atoms with E-state index >= 15 is 0 Å². The molecule has 0 saturated carbocycles. The Bertz CT molecular complexity index is 391. The van der Waals surface area contributed by atoms with E-state index in [1.54, 1.807) is 0 Å². The summed E-state index contributed by atoms with van der Waals surface area (Å²) < 4.78 is 5.48. The van der Waals surface area contributed by atoms with Crippen LogP contribution in [0.3, 0.4) is 0 Å². The molecule has 0 aliphatic carbocycles. The maximum absolute atomic E-state index is 11.5. The van der Waals surface area contributed by atoms with Gasteiger partial charge in [0.15, 0.2) is 6.61 Å². The molecule has 0 unspecified atom stereocenters. The number of nitrogens with two attached hydrogens (primary N) is 1. The van der Waals surface area contributed by atoms with Crippen LogP contribution in [0.1, 0.15) is 38.2 Å². The van der Waals surface area contributed by atoms with Crippen molar-refractivity contribution in [3.8, 4) is 5.75 Å². The molecule has 106 valence electrons. The molecule has 3 N–H and O–H groups in total. The first-order valence-electron chi connectivity index (χ1n) is 6.83. The molecule has 0 aliphatic rings. The number of hydrogen-bond acceptors (Lipinski definition) is 3. The van der Waals surface area contributed by atoms with E-state index in [-0.39, 0.29) is 12.5 Å². The third-order valence-corrected chi connectivity index (χ3v) is 2.85. The smallest absolute Gasteiger partial charge is 0.257 e. The summed E-state index contributed by atoms with van der Waals surface area (Å²) in [4.78, 5) is 11.5. The van der Waals surface area contributed by atoms with E-state index in [0.29, 0.717) is 19.0 Å². The van der Waals surface area contributed by atoms with Gasteiger partial charge in [-0.1, -0.05) is 26.0 Å². The molecule has 4 nitrogen and oxygen atoms in total. The Morgan fingerprint density at radius 2 is 2.16 bits per heavy atom. The van der Waals surface area contributed by atoms with Crippen LogP contribution in [-0.2, 0) is 4.79 Å². The second-order valence-electron chi connectivity index (χ2n) is 4.86. The Hall–Kier alpha value is -1.55.